The Morgan fingerprint density at radius 2 is 1.76 bits per heavy atom. The summed E-state index contributed by atoms with van der Waals surface area (Å²) in [5, 5.41) is 4.66. The van der Waals surface area contributed by atoms with Gasteiger partial charge in [-0.2, -0.15) is 0 Å². The third-order valence-corrected chi connectivity index (χ3v) is 6.68. The summed E-state index contributed by atoms with van der Waals surface area (Å²) in [6, 6.07) is 3.88. The molecule has 0 radical (unpaired) electrons. The van der Waals surface area contributed by atoms with Crippen LogP contribution in [0.25, 0.3) is 0 Å². The smallest absolute Gasteiger partial charge is 0.165 e. The molecule has 3 nitrogen and oxygen atoms in total. The molecule has 0 aromatic heterocycles. The van der Waals surface area contributed by atoms with Crippen molar-refractivity contribution in [2.75, 3.05) is 13.7 Å². The summed E-state index contributed by atoms with van der Waals surface area (Å²) in [7, 11) is 1.68. The Kier molecular flexibility index (Phi) is 4.89. The maximum atomic E-state index is 6.33. The van der Waals surface area contributed by atoms with E-state index in [1.165, 1.54) is 38.5 Å². The Bertz CT molecular complexity index is 595. The fourth-order valence-electron chi connectivity index (χ4n) is 5.88. The van der Waals surface area contributed by atoms with Crippen LogP contribution in [0.2, 0.25) is 5.02 Å². The summed E-state index contributed by atoms with van der Waals surface area (Å²) in [5.74, 6) is 4.43. The molecule has 0 spiro atoms. The number of methoxy groups -OCH3 is 1. The normalized spacial score (nSPS) is 32.8. The first-order valence-electron chi connectivity index (χ1n) is 9.85. The molecule has 0 aliphatic heterocycles. The molecule has 0 saturated heterocycles. The summed E-state index contributed by atoms with van der Waals surface area (Å²) in [6.07, 6.45) is 9.43. The number of benzene rings is 1. The van der Waals surface area contributed by atoms with E-state index < -0.39 is 0 Å². The second-order valence-corrected chi connectivity index (χ2v) is 8.93. The molecule has 4 saturated carbocycles. The molecule has 0 amide bonds. The van der Waals surface area contributed by atoms with Gasteiger partial charge in [-0.25, -0.2) is 0 Å². The van der Waals surface area contributed by atoms with Crippen molar-refractivity contribution >= 4 is 11.6 Å². The molecular weight excluding hydrogens is 334 g/mol. The lowest BCUT2D eigenvalue weighted by Crippen LogP contribution is -2.58. The van der Waals surface area contributed by atoms with Crippen LogP contribution in [0.1, 0.15) is 57.4 Å². The van der Waals surface area contributed by atoms with Gasteiger partial charge in [0.1, 0.15) is 0 Å². The van der Waals surface area contributed by atoms with E-state index in [0.29, 0.717) is 17.2 Å². The lowest BCUT2D eigenvalue weighted by atomic mass is 9.53. The Labute approximate surface area is 156 Å². The number of hydrogen-bond donors (Lipinski definition) is 1. The Morgan fingerprint density at radius 1 is 1.12 bits per heavy atom. The summed E-state index contributed by atoms with van der Waals surface area (Å²) in [5.41, 5.74) is 1.46. The molecule has 138 valence electrons. The molecule has 25 heavy (non-hydrogen) atoms. The molecule has 4 aliphatic carbocycles. The van der Waals surface area contributed by atoms with E-state index in [9.17, 15) is 0 Å². The molecule has 4 heteroatoms. The number of hydrogen-bond acceptors (Lipinski definition) is 3. The minimum absolute atomic E-state index is 0.340. The minimum Gasteiger partial charge on any atom is -0.493 e. The van der Waals surface area contributed by atoms with Gasteiger partial charge < -0.3 is 14.8 Å². The van der Waals surface area contributed by atoms with Gasteiger partial charge in [0.25, 0.3) is 0 Å². The number of nitrogens with one attached hydrogen (secondary N) is 1. The third kappa shape index (κ3) is 3.50. The van der Waals surface area contributed by atoms with Crippen molar-refractivity contribution < 1.29 is 9.47 Å². The molecule has 0 unspecified atom stereocenters. The van der Waals surface area contributed by atoms with Crippen molar-refractivity contribution in [2.24, 2.45) is 17.8 Å². The molecule has 1 aromatic rings. The number of rotatable bonds is 7. The van der Waals surface area contributed by atoms with Crippen LogP contribution < -0.4 is 14.8 Å². The van der Waals surface area contributed by atoms with E-state index in [4.69, 9.17) is 21.1 Å². The molecular formula is C21H30ClNO2. The van der Waals surface area contributed by atoms with Gasteiger partial charge >= 0.3 is 0 Å². The largest absolute Gasteiger partial charge is 0.493 e. The number of halogens is 1. The van der Waals surface area contributed by atoms with Crippen molar-refractivity contribution in [1.82, 2.24) is 5.32 Å². The quantitative estimate of drug-likeness (QED) is 0.722. The van der Waals surface area contributed by atoms with Gasteiger partial charge in [-0.15, -0.1) is 0 Å². The highest BCUT2D eigenvalue weighted by Crippen LogP contribution is 2.55. The highest BCUT2D eigenvalue weighted by atomic mass is 35.5. The maximum Gasteiger partial charge on any atom is 0.165 e. The fraction of sp³-hybridized carbons (Fsp3) is 0.714. The van der Waals surface area contributed by atoms with Gasteiger partial charge in [-0.05, 0) is 68.8 Å². The SMILES string of the molecule is CCCOc1c(CNC23CC4CC(CC(C4)C2)C3)cc(Cl)cc1OC. The Balaban J connectivity index is 1.53. The second-order valence-electron chi connectivity index (χ2n) is 8.50. The predicted molar refractivity (Wildman–Crippen MR) is 102 cm³/mol. The maximum absolute atomic E-state index is 6.33. The average Bonchev–Trinajstić information content (AvgIpc) is 2.57. The molecule has 4 fully saturated rings. The average molecular weight is 364 g/mol. The minimum atomic E-state index is 0.340. The summed E-state index contributed by atoms with van der Waals surface area (Å²) in [6.45, 7) is 3.63. The standard InChI is InChI=1S/C21H30ClNO2/c1-3-4-25-20-17(8-18(22)9-19(20)24-2)13-23-21-10-14-5-15(11-21)7-16(6-14)12-21/h8-9,14-16,23H,3-7,10-13H2,1-2H3. The van der Waals surface area contributed by atoms with Crippen LogP contribution in [0.5, 0.6) is 11.5 Å². The summed E-state index contributed by atoms with van der Waals surface area (Å²) < 4.78 is 11.5. The first-order valence-corrected chi connectivity index (χ1v) is 10.2. The van der Waals surface area contributed by atoms with E-state index in [0.717, 1.165) is 47.8 Å². The highest BCUT2D eigenvalue weighted by molar-refractivity contribution is 6.30. The Hall–Kier alpha value is -0.930. The first kappa shape index (κ1) is 17.5. The van der Waals surface area contributed by atoms with Crippen molar-refractivity contribution in [1.29, 1.82) is 0 Å². The van der Waals surface area contributed by atoms with Crippen LogP contribution >= 0.6 is 11.6 Å². The van der Waals surface area contributed by atoms with Gasteiger partial charge in [0, 0.05) is 28.7 Å². The molecule has 5 rings (SSSR count). The lowest BCUT2D eigenvalue weighted by molar-refractivity contribution is -0.0206. The molecule has 0 heterocycles. The van der Waals surface area contributed by atoms with Crippen LogP contribution in [-0.2, 0) is 6.54 Å². The monoisotopic (exact) mass is 363 g/mol. The Morgan fingerprint density at radius 3 is 2.32 bits per heavy atom. The van der Waals surface area contributed by atoms with Crippen molar-refractivity contribution in [3.05, 3.63) is 22.7 Å². The van der Waals surface area contributed by atoms with Gasteiger partial charge in [-0.3, -0.25) is 0 Å². The molecule has 4 aliphatic rings. The van der Waals surface area contributed by atoms with E-state index in [2.05, 4.69) is 12.2 Å². The summed E-state index contributed by atoms with van der Waals surface area (Å²) in [4.78, 5) is 0. The zero-order valence-corrected chi connectivity index (χ0v) is 16.2. The van der Waals surface area contributed by atoms with Gasteiger partial charge in [-0.1, -0.05) is 18.5 Å². The molecule has 4 bridgehead atoms. The molecule has 1 aromatic carbocycles. The van der Waals surface area contributed by atoms with Gasteiger partial charge in [0.15, 0.2) is 11.5 Å². The van der Waals surface area contributed by atoms with Crippen LogP contribution in [-0.4, -0.2) is 19.3 Å². The number of ether oxygens (including phenoxy) is 2. The van der Waals surface area contributed by atoms with Crippen LogP contribution in [0.4, 0.5) is 0 Å². The van der Waals surface area contributed by atoms with Gasteiger partial charge in [0.2, 0.25) is 0 Å². The predicted octanol–water partition coefficient (Wildman–Crippen LogP) is 5.20. The van der Waals surface area contributed by atoms with Crippen LogP contribution in [0.3, 0.4) is 0 Å². The van der Waals surface area contributed by atoms with E-state index in [1.54, 1.807) is 7.11 Å². The van der Waals surface area contributed by atoms with E-state index in [1.807, 2.05) is 12.1 Å². The third-order valence-electron chi connectivity index (χ3n) is 6.46. The molecule has 0 atom stereocenters. The second kappa shape index (κ2) is 7.00. The zero-order chi connectivity index (χ0) is 17.4. The fourth-order valence-corrected chi connectivity index (χ4v) is 6.11. The molecule has 1 N–H and O–H groups in total. The van der Waals surface area contributed by atoms with Crippen molar-refractivity contribution in [3.63, 3.8) is 0 Å². The van der Waals surface area contributed by atoms with E-state index >= 15 is 0 Å². The first-order chi connectivity index (χ1) is 12.1. The van der Waals surface area contributed by atoms with Crippen molar-refractivity contribution in [3.8, 4) is 11.5 Å². The van der Waals surface area contributed by atoms with Crippen LogP contribution in [0.15, 0.2) is 12.1 Å². The van der Waals surface area contributed by atoms with Gasteiger partial charge in [0.05, 0.1) is 13.7 Å². The zero-order valence-electron chi connectivity index (χ0n) is 15.4. The van der Waals surface area contributed by atoms with Crippen LogP contribution in [0, 0.1) is 17.8 Å². The summed E-state index contributed by atoms with van der Waals surface area (Å²) >= 11 is 6.33. The highest BCUT2D eigenvalue weighted by Gasteiger charge is 2.50. The topological polar surface area (TPSA) is 30.5 Å². The van der Waals surface area contributed by atoms with Crippen molar-refractivity contribution in [2.45, 2.75) is 64.0 Å². The van der Waals surface area contributed by atoms with E-state index in [-0.39, 0.29) is 0 Å². The lowest BCUT2D eigenvalue weighted by Gasteiger charge is -2.57.